The van der Waals surface area contributed by atoms with Gasteiger partial charge in [0.1, 0.15) is 25.1 Å². The lowest BCUT2D eigenvalue weighted by molar-refractivity contribution is -0.123. The molecule has 1 N–H and O–H groups in total. The first-order valence-electron chi connectivity index (χ1n) is 12.4. The number of carbonyl (C=O) groups is 2. The number of amides is 2. The monoisotopic (exact) mass is 488 g/mol. The van der Waals surface area contributed by atoms with E-state index in [9.17, 15) is 14.0 Å². The maximum absolute atomic E-state index is 14.1. The lowest BCUT2D eigenvalue weighted by Gasteiger charge is -2.33. The highest BCUT2D eigenvalue weighted by atomic mass is 19.1. The third kappa shape index (κ3) is 5.05. The maximum atomic E-state index is 14.1. The summed E-state index contributed by atoms with van der Waals surface area (Å²) in [6, 6.07) is 17.3. The number of rotatable bonds is 6. The molecule has 0 bridgehead atoms. The minimum atomic E-state index is -0.992. The molecule has 0 radical (unpaired) electrons. The zero-order valence-corrected chi connectivity index (χ0v) is 20.2. The van der Waals surface area contributed by atoms with Crippen LogP contribution in [0.25, 0.3) is 0 Å². The molecule has 0 saturated heterocycles. The highest BCUT2D eigenvalue weighted by Gasteiger charge is 2.35. The third-order valence-electron chi connectivity index (χ3n) is 6.68. The fourth-order valence-corrected chi connectivity index (χ4v) is 4.89. The molecule has 186 valence electrons. The molecule has 7 heteroatoms. The second kappa shape index (κ2) is 10.4. The first kappa shape index (κ1) is 23.9. The summed E-state index contributed by atoms with van der Waals surface area (Å²) in [7, 11) is 0. The quantitative estimate of drug-likeness (QED) is 0.508. The molecule has 36 heavy (non-hydrogen) atoms. The molecule has 2 amide bonds. The Morgan fingerprint density at radius 3 is 2.39 bits per heavy atom. The predicted molar refractivity (Wildman–Crippen MR) is 135 cm³/mol. The number of nitrogens with zero attached hydrogens (tertiary/aromatic N) is 1. The van der Waals surface area contributed by atoms with Crippen molar-refractivity contribution < 1.29 is 23.5 Å². The molecule has 1 atom stereocenters. The van der Waals surface area contributed by atoms with Gasteiger partial charge in [-0.25, -0.2) is 4.39 Å². The second-order valence-corrected chi connectivity index (χ2v) is 9.32. The number of hydrogen-bond donors (Lipinski definition) is 1. The van der Waals surface area contributed by atoms with E-state index < -0.39 is 11.9 Å². The van der Waals surface area contributed by atoms with E-state index in [-0.39, 0.29) is 17.9 Å². The van der Waals surface area contributed by atoms with Gasteiger partial charge < -0.3 is 14.8 Å². The summed E-state index contributed by atoms with van der Waals surface area (Å²) in [6.07, 6.45) is 3.93. The normalized spacial score (nSPS) is 15.8. The number of carbonyl (C=O) groups excluding carboxylic acids is 2. The van der Waals surface area contributed by atoms with Gasteiger partial charge >= 0.3 is 0 Å². The van der Waals surface area contributed by atoms with Crippen molar-refractivity contribution in [3.05, 3.63) is 89.2 Å². The first-order valence-corrected chi connectivity index (χ1v) is 12.4. The number of benzene rings is 3. The zero-order chi connectivity index (χ0) is 25.1. The minimum Gasteiger partial charge on any atom is -0.486 e. The van der Waals surface area contributed by atoms with E-state index in [1.54, 1.807) is 30.3 Å². The minimum absolute atomic E-state index is 0.0594. The van der Waals surface area contributed by atoms with Gasteiger partial charge in [0.25, 0.3) is 5.91 Å². The molecule has 0 aromatic heterocycles. The molecule has 6 nitrogen and oxygen atoms in total. The Hall–Kier alpha value is -3.87. The van der Waals surface area contributed by atoms with E-state index >= 15 is 0 Å². The molecular weight excluding hydrogens is 459 g/mol. The summed E-state index contributed by atoms with van der Waals surface area (Å²) < 4.78 is 25.1. The van der Waals surface area contributed by atoms with E-state index in [0.717, 1.165) is 31.2 Å². The Morgan fingerprint density at radius 2 is 1.67 bits per heavy atom. The summed E-state index contributed by atoms with van der Waals surface area (Å²) in [4.78, 5) is 29.4. The van der Waals surface area contributed by atoms with Gasteiger partial charge in [-0.2, -0.15) is 0 Å². The lowest BCUT2D eigenvalue weighted by atomic mass is 10.0. The van der Waals surface area contributed by atoms with Crippen molar-refractivity contribution in [1.29, 1.82) is 0 Å². The number of ether oxygens (including phenoxy) is 2. The molecule has 3 aromatic carbocycles. The Kier molecular flexibility index (Phi) is 6.89. The van der Waals surface area contributed by atoms with Crippen molar-refractivity contribution >= 4 is 17.5 Å². The molecule has 2 aliphatic rings. The summed E-state index contributed by atoms with van der Waals surface area (Å²) in [5.41, 5.74) is 2.41. The molecule has 1 aliphatic heterocycles. The van der Waals surface area contributed by atoms with Crippen molar-refractivity contribution in [3.8, 4) is 11.5 Å². The van der Waals surface area contributed by atoms with Gasteiger partial charge in [0.2, 0.25) is 5.91 Å². The number of halogens is 1. The predicted octanol–water partition coefficient (Wildman–Crippen LogP) is 5.35. The van der Waals surface area contributed by atoms with Gasteiger partial charge in [0.05, 0.1) is 0 Å². The molecule has 1 saturated carbocycles. The largest absolute Gasteiger partial charge is 0.486 e. The second-order valence-electron chi connectivity index (χ2n) is 9.32. The van der Waals surface area contributed by atoms with Crippen LogP contribution >= 0.6 is 0 Å². The van der Waals surface area contributed by atoms with Gasteiger partial charge in [-0.1, -0.05) is 37.1 Å². The van der Waals surface area contributed by atoms with Crippen LogP contribution in [0, 0.1) is 12.7 Å². The van der Waals surface area contributed by atoms with Crippen molar-refractivity contribution in [2.24, 2.45) is 0 Å². The lowest BCUT2D eigenvalue weighted by Crippen LogP contribution is -2.46. The zero-order valence-electron chi connectivity index (χ0n) is 20.2. The van der Waals surface area contributed by atoms with Crippen LogP contribution in [0.3, 0.4) is 0 Å². The summed E-state index contributed by atoms with van der Waals surface area (Å²) in [6.45, 7) is 2.78. The number of fused-ring (bicyclic) bond motifs is 1. The van der Waals surface area contributed by atoms with Crippen LogP contribution < -0.4 is 19.7 Å². The Labute approximate surface area is 210 Å². The van der Waals surface area contributed by atoms with Crippen molar-refractivity contribution in [3.63, 3.8) is 0 Å². The highest BCUT2D eigenvalue weighted by Crippen LogP contribution is 2.35. The Balaban J connectivity index is 1.60. The van der Waals surface area contributed by atoms with Gasteiger partial charge in [-0.3, -0.25) is 14.5 Å². The van der Waals surface area contributed by atoms with Crippen LogP contribution in [-0.4, -0.2) is 31.1 Å². The smallest absolute Gasteiger partial charge is 0.259 e. The fraction of sp³-hybridized carbons (Fsp3) is 0.310. The Morgan fingerprint density at radius 1 is 0.944 bits per heavy atom. The molecule has 0 spiro atoms. The standard InChI is InChI=1S/C29H29FN2O4/c1-19-5-4-8-24(17-19)32(29(34)21-11-14-25-26(18-21)36-16-15-35-25)27(20-9-12-22(30)13-10-20)28(33)31-23-6-2-3-7-23/h4-5,8-14,17-18,23,27H,2-3,6-7,15-16H2,1H3,(H,31,33)/t27-/m0/s1. The van der Waals surface area contributed by atoms with Crippen LogP contribution in [0.15, 0.2) is 66.7 Å². The highest BCUT2D eigenvalue weighted by molar-refractivity contribution is 6.10. The first-order chi connectivity index (χ1) is 17.5. The summed E-state index contributed by atoms with van der Waals surface area (Å²) >= 11 is 0. The van der Waals surface area contributed by atoms with Gasteiger partial charge in [-0.05, 0) is 73.4 Å². The summed E-state index contributed by atoms with van der Waals surface area (Å²) in [5, 5.41) is 3.14. The van der Waals surface area contributed by atoms with Crippen molar-refractivity contribution in [1.82, 2.24) is 5.32 Å². The van der Waals surface area contributed by atoms with Gasteiger partial charge in [-0.15, -0.1) is 0 Å². The topological polar surface area (TPSA) is 67.9 Å². The third-order valence-corrected chi connectivity index (χ3v) is 6.68. The molecule has 1 aliphatic carbocycles. The number of anilines is 1. The molecule has 5 rings (SSSR count). The van der Waals surface area contributed by atoms with Crippen LogP contribution in [0.5, 0.6) is 11.5 Å². The van der Waals surface area contributed by atoms with E-state index in [1.165, 1.54) is 17.0 Å². The van der Waals surface area contributed by atoms with E-state index in [0.29, 0.717) is 41.5 Å². The molecule has 1 fully saturated rings. The molecular formula is C29H29FN2O4. The molecule has 1 heterocycles. The van der Waals surface area contributed by atoms with Gasteiger partial charge in [0.15, 0.2) is 11.5 Å². The summed E-state index contributed by atoms with van der Waals surface area (Å²) in [5.74, 6) is 0.00217. The maximum Gasteiger partial charge on any atom is 0.259 e. The van der Waals surface area contributed by atoms with E-state index in [1.807, 2.05) is 31.2 Å². The average molecular weight is 489 g/mol. The van der Waals surface area contributed by atoms with Crippen LogP contribution in [0.1, 0.15) is 53.2 Å². The number of aryl methyl sites for hydroxylation is 1. The molecule has 3 aromatic rings. The van der Waals surface area contributed by atoms with E-state index in [4.69, 9.17) is 9.47 Å². The van der Waals surface area contributed by atoms with Crippen molar-refractivity contribution in [2.45, 2.75) is 44.7 Å². The van der Waals surface area contributed by atoms with E-state index in [2.05, 4.69) is 5.32 Å². The van der Waals surface area contributed by atoms with Gasteiger partial charge in [0, 0.05) is 17.3 Å². The number of nitrogens with one attached hydrogen (secondary N) is 1. The average Bonchev–Trinajstić information content (AvgIpc) is 3.40. The van der Waals surface area contributed by atoms with Crippen LogP contribution in [-0.2, 0) is 4.79 Å². The van der Waals surface area contributed by atoms with Crippen LogP contribution in [0.4, 0.5) is 10.1 Å². The Bertz CT molecular complexity index is 1250. The van der Waals surface area contributed by atoms with Crippen LogP contribution in [0.2, 0.25) is 0 Å². The molecule has 0 unspecified atom stereocenters. The van der Waals surface area contributed by atoms with Crippen molar-refractivity contribution in [2.75, 3.05) is 18.1 Å². The SMILES string of the molecule is Cc1cccc(N(C(=O)c2ccc3c(c2)OCCO3)[C@H](C(=O)NC2CCCC2)c2ccc(F)cc2)c1. The fourth-order valence-electron chi connectivity index (χ4n) is 4.89. The number of hydrogen-bond acceptors (Lipinski definition) is 4.